The Morgan fingerprint density at radius 3 is 2.00 bits per heavy atom. The van der Waals surface area contributed by atoms with Crippen LogP contribution in [0.4, 0.5) is 0 Å². The molecule has 0 unspecified atom stereocenters. The zero-order chi connectivity index (χ0) is 19.3. The summed E-state index contributed by atoms with van der Waals surface area (Å²) in [6.07, 6.45) is 13.2. The summed E-state index contributed by atoms with van der Waals surface area (Å²) in [4.78, 5) is 26.5. The van der Waals surface area contributed by atoms with Crippen LogP contribution in [0.15, 0.2) is 24.3 Å². The number of nitrogens with zero attached hydrogens (tertiary/aromatic N) is 1. The molecule has 4 nitrogen and oxygen atoms in total. The monoisotopic (exact) mass is 373 g/mol. The molecule has 1 aromatic carbocycles. The minimum atomic E-state index is -0.296. The Kier molecular flexibility index (Phi) is 9.96. The summed E-state index contributed by atoms with van der Waals surface area (Å²) in [6, 6.07) is 6.88. The standard InChI is InChI=1S/C23H35NO3/c1-2-3-4-5-6-7-8-12-19-27-23(26)21-15-13-20(14-16-21)22(25)24-17-10-9-11-18-24/h13-16H,2-12,17-19H2,1H3. The van der Waals surface area contributed by atoms with E-state index in [1.165, 1.54) is 44.9 Å². The maximum Gasteiger partial charge on any atom is 0.338 e. The van der Waals surface area contributed by atoms with Crippen LogP contribution in [0.25, 0.3) is 0 Å². The Labute approximate surface area is 164 Å². The first kappa shape index (κ1) is 21.5. The number of ether oxygens (including phenoxy) is 1. The average molecular weight is 374 g/mol. The minimum Gasteiger partial charge on any atom is -0.462 e. The van der Waals surface area contributed by atoms with Crippen LogP contribution >= 0.6 is 0 Å². The summed E-state index contributed by atoms with van der Waals surface area (Å²) in [5, 5.41) is 0. The van der Waals surface area contributed by atoms with Crippen molar-refractivity contribution in [1.82, 2.24) is 4.90 Å². The minimum absolute atomic E-state index is 0.0635. The SMILES string of the molecule is CCCCCCCCCCOC(=O)c1ccc(C(=O)N2CCCCC2)cc1. The number of carbonyl (C=O) groups excluding carboxylic acids is 2. The maximum atomic E-state index is 12.4. The van der Waals surface area contributed by atoms with Gasteiger partial charge in [0.1, 0.15) is 0 Å². The van der Waals surface area contributed by atoms with Gasteiger partial charge in [0.05, 0.1) is 12.2 Å². The van der Waals surface area contributed by atoms with E-state index in [1.807, 2.05) is 4.90 Å². The number of unbranched alkanes of at least 4 members (excludes halogenated alkanes) is 7. The normalized spacial score (nSPS) is 14.2. The second kappa shape index (κ2) is 12.5. The first-order chi connectivity index (χ1) is 13.2. The number of rotatable bonds is 11. The van der Waals surface area contributed by atoms with Gasteiger partial charge in [-0.1, -0.05) is 51.9 Å². The fourth-order valence-electron chi connectivity index (χ4n) is 3.51. The predicted molar refractivity (Wildman–Crippen MR) is 109 cm³/mol. The van der Waals surface area contributed by atoms with E-state index in [-0.39, 0.29) is 11.9 Å². The van der Waals surface area contributed by atoms with Crippen LogP contribution in [0.1, 0.15) is 98.3 Å². The Hall–Kier alpha value is -1.84. The molecule has 0 N–H and O–H groups in total. The van der Waals surface area contributed by atoms with Crippen molar-refractivity contribution in [2.24, 2.45) is 0 Å². The number of hydrogen-bond acceptors (Lipinski definition) is 3. The highest BCUT2D eigenvalue weighted by molar-refractivity contribution is 5.96. The first-order valence-corrected chi connectivity index (χ1v) is 10.8. The molecular formula is C23H35NO3. The van der Waals surface area contributed by atoms with Crippen LogP contribution in [0.2, 0.25) is 0 Å². The molecule has 4 heteroatoms. The lowest BCUT2D eigenvalue weighted by molar-refractivity contribution is 0.0497. The van der Waals surface area contributed by atoms with Crippen molar-refractivity contribution in [1.29, 1.82) is 0 Å². The molecule has 1 aliphatic heterocycles. The number of benzene rings is 1. The van der Waals surface area contributed by atoms with E-state index < -0.39 is 0 Å². The quantitative estimate of drug-likeness (QED) is 0.374. The summed E-state index contributed by atoms with van der Waals surface area (Å²) in [6.45, 7) is 4.37. The largest absolute Gasteiger partial charge is 0.462 e. The van der Waals surface area contributed by atoms with Crippen molar-refractivity contribution in [2.75, 3.05) is 19.7 Å². The second-order valence-corrected chi connectivity index (χ2v) is 7.54. The van der Waals surface area contributed by atoms with Crippen LogP contribution in [0, 0.1) is 0 Å². The summed E-state index contributed by atoms with van der Waals surface area (Å²) >= 11 is 0. The van der Waals surface area contributed by atoms with Gasteiger partial charge in [0, 0.05) is 18.7 Å². The molecule has 0 spiro atoms. The summed E-state index contributed by atoms with van der Waals surface area (Å²) in [5.74, 6) is -0.233. The zero-order valence-electron chi connectivity index (χ0n) is 16.9. The topological polar surface area (TPSA) is 46.6 Å². The molecule has 27 heavy (non-hydrogen) atoms. The fraction of sp³-hybridized carbons (Fsp3) is 0.652. The van der Waals surface area contributed by atoms with Gasteiger partial charge in [0.2, 0.25) is 0 Å². The van der Waals surface area contributed by atoms with Crippen LogP contribution < -0.4 is 0 Å². The third-order valence-corrected chi connectivity index (χ3v) is 5.24. The van der Waals surface area contributed by atoms with Crippen molar-refractivity contribution >= 4 is 11.9 Å². The number of likely N-dealkylation sites (tertiary alicyclic amines) is 1. The van der Waals surface area contributed by atoms with Gasteiger partial charge in [0.25, 0.3) is 5.91 Å². The molecule has 1 aromatic rings. The number of hydrogen-bond donors (Lipinski definition) is 0. The Balaban J connectivity index is 1.64. The van der Waals surface area contributed by atoms with Crippen molar-refractivity contribution in [3.63, 3.8) is 0 Å². The van der Waals surface area contributed by atoms with Crippen molar-refractivity contribution in [2.45, 2.75) is 77.6 Å². The lowest BCUT2D eigenvalue weighted by atomic mass is 10.1. The Morgan fingerprint density at radius 2 is 1.37 bits per heavy atom. The molecule has 150 valence electrons. The van der Waals surface area contributed by atoms with Gasteiger partial charge >= 0.3 is 5.97 Å². The number of amides is 1. The lowest BCUT2D eigenvalue weighted by Gasteiger charge is -2.26. The highest BCUT2D eigenvalue weighted by Gasteiger charge is 2.18. The van der Waals surface area contributed by atoms with E-state index in [0.717, 1.165) is 38.8 Å². The molecule has 1 aliphatic rings. The van der Waals surface area contributed by atoms with E-state index in [1.54, 1.807) is 24.3 Å². The van der Waals surface area contributed by atoms with Crippen molar-refractivity contribution in [3.8, 4) is 0 Å². The molecule has 0 radical (unpaired) electrons. The number of esters is 1. The molecule has 0 atom stereocenters. The van der Waals surface area contributed by atoms with Crippen LogP contribution in [0.3, 0.4) is 0 Å². The van der Waals surface area contributed by atoms with E-state index in [4.69, 9.17) is 4.74 Å². The molecule has 1 saturated heterocycles. The molecule has 1 heterocycles. The highest BCUT2D eigenvalue weighted by atomic mass is 16.5. The third kappa shape index (κ3) is 7.74. The summed E-state index contributed by atoms with van der Waals surface area (Å²) < 4.78 is 5.36. The van der Waals surface area contributed by atoms with Gasteiger partial charge in [-0.3, -0.25) is 4.79 Å². The molecule has 1 amide bonds. The van der Waals surface area contributed by atoms with Crippen LogP contribution in [-0.4, -0.2) is 36.5 Å². The maximum absolute atomic E-state index is 12.4. The Morgan fingerprint density at radius 1 is 0.815 bits per heavy atom. The molecule has 0 aliphatic carbocycles. The molecule has 1 fully saturated rings. The van der Waals surface area contributed by atoms with E-state index in [9.17, 15) is 9.59 Å². The van der Waals surface area contributed by atoms with E-state index in [2.05, 4.69) is 6.92 Å². The number of carbonyl (C=O) groups is 2. The third-order valence-electron chi connectivity index (χ3n) is 5.24. The van der Waals surface area contributed by atoms with Gasteiger partial charge in [-0.25, -0.2) is 4.79 Å². The van der Waals surface area contributed by atoms with Crippen LogP contribution in [-0.2, 0) is 4.74 Å². The average Bonchev–Trinajstić information content (AvgIpc) is 2.72. The van der Waals surface area contributed by atoms with Crippen molar-refractivity contribution in [3.05, 3.63) is 35.4 Å². The van der Waals surface area contributed by atoms with Gasteiger partial charge in [-0.05, 0) is 49.9 Å². The van der Waals surface area contributed by atoms with Crippen molar-refractivity contribution < 1.29 is 14.3 Å². The molecule has 0 saturated carbocycles. The van der Waals surface area contributed by atoms with Gasteiger partial charge in [-0.2, -0.15) is 0 Å². The summed E-state index contributed by atoms with van der Waals surface area (Å²) in [7, 11) is 0. The lowest BCUT2D eigenvalue weighted by Crippen LogP contribution is -2.35. The molecule has 0 bridgehead atoms. The Bertz CT molecular complexity index is 561. The smallest absolute Gasteiger partial charge is 0.338 e. The second-order valence-electron chi connectivity index (χ2n) is 7.54. The zero-order valence-corrected chi connectivity index (χ0v) is 16.9. The fourth-order valence-corrected chi connectivity index (χ4v) is 3.51. The van der Waals surface area contributed by atoms with Gasteiger partial charge in [-0.15, -0.1) is 0 Å². The molecular weight excluding hydrogens is 338 g/mol. The van der Waals surface area contributed by atoms with Crippen LogP contribution in [0.5, 0.6) is 0 Å². The molecule has 2 rings (SSSR count). The highest BCUT2D eigenvalue weighted by Crippen LogP contribution is 2.14. The van der Waals surface area contributed by atoms with E-state index >= 15 is 0 Å². The van der Waals surface area contributed by atoms with E-state index in [0.29, 0.717) is 17.7 Å². The molecule has 0 aromatic heterocycles. The first-order valence-electron chi connectivity index (χ1n) is 10.8. The number of piperidine rings is 1. The predicted octanol–water partition coefficient (Wildman–Crippen LogP) is 5.61. The summed E-state index contributed by atoms with van der Waals surface area (Å²) in [5.41, 5.74) is 1.17. The van der Waals surface area contributed by atoms with Gasteiger partial charge < -0.3 is 9.64 Å². The van der Waals surface area contributed by atoms with Gasteiger partial charge in [0.15, 0.2) is 0 Å².